The van der Waals surface area contributed by atoms with E-state index in [-0.39, 0.29) is 25.7 Å². The zero-order chi connectivity index (χ0) is 32.2. The smallest absolute Gasteiger partial charge is 0.346 e. The summed E-state index contributed by atoms with van der Waals surface area (Å²) in [4.78, 5) is 19.6. The Morgan fingerprint density at radius 2 is 1.62 bits per heavy atom. The molecule has 0 radical (unpaired) electrons. The summed E-state index contributed by atoms with van der Waals surface area (Å²) >= 11 is 12.7. The molecule has 11 heteroatoms. The zero-order valence-electron chi connectivity index (χ0n) is 25.8. The zero-order valence-corrected chi connectivity index (χ0v) is 27.4. The summed E-state index contributed by atoms with van der Waals surface area (Å²) in [7, 11) is 4.47. The van der Waals surface area contributed by atoms with Crippen molar-refractivity contribution in [3.63, 3.8) is 0 Å². The number of hydrogen-bond acceptors (Lipinski definition) is 9. The molecule has 1 aliphatic heterocycles. The van der Waals surface area contributed by atoms with Crippen LogP contribution in [-0.2, 0) is 31.3 Å². The van der Waals surface area contributed by atoms with E-state index in [1.165, 1.54) is 7.11 Å². The molecule has 0 aliphatic carbocycles. The Balaban J connectivity index is 1.52. The molecule has 3 aromatic carbocycles. The van der Waals surface area contributed by atoms with Crippen LogP contribution in [0.5, 0.6) is 11.5 Å². The predicted octanol–water partition coefficient (Wildman–Crippen LogP) is 6.23. The SMILES string of the molecule is COC(=O)CON=C(COCc1cc(OC)cc(OC)c1)C(CCN1CCC(O)(c2ccccc2)CC1)c1ccc(Cl)c(Cl)c1. The lowest BCUT2D eigenvalue weighted by atomic mass is 9.84. The maximum absolute atomic E-state index is 11.8. The summed E-state index contributed by atoms with van der Waals surface area (Å²) in [6.45, 7) is 2.21. The fourth-order valence-electron chi connectivity index (χ4n) is 5.39. The van der Waals surface area contributed by atoms with Gasteiger partial charge in [-0.3, -0.25) is 0 Å². The third kappa shape index (κ3) is 9.82. The van der Waals surface area contributed by atoms with E-state index in [4.69, 9.17) is 47.0 Å². The maximum atomic E-state index is 11.8. The van der Waals surface area contributed by atoms with E-state index < -0.39 is 11.6 Å². The molecular weight excluding hydrogens is 619 g/mol. The number of nitrogens with zero attached hydrogens (tertiary/aromatic N) is 2. The van der Waals surface area contributed by atoms with Crippen molar-refractivity contribution >= 4 is 34.9 Å². The number of halogens is 2. The number of likely N-dealkylation sites (tertiary alicyclic amines) is 1. The quantitative estimate of drug-likeness (QED) is 0.117. The van der Waals surface area contributed by atoms with E-state index in [9.17, 15) is 9.90 Å². The van der Waals surface area contributed by atoms with Crippen LogP contribution in [-0.4, -0.2) is 75.9 Å². The first kappa shape index (κ1) is 34.5. The van der Waals surface area contributed by atoms with Crippen molar-refractivity contribution in [2.45, 2.75) is 37.4 Å². The molecule has 1 saturated heterocycles. The van der Waals surface area contributed by atoms with Gasteiger partial charge in [-0.15, -0.1) is 0 Å². The normalized spacial score (nSPS) is 15.7. The molecule has 1 atom stereocenters. The molecule has 0 aromatic heterocycles. The highest BCUT2D eigenvalue weighted by atomic mass is 35.5. The molecule has 0 saturated carbocycles. The fourth-order valence-corrected chi connectivity index (χ4v) is 5.70. The monoisotopic (exact) mass is 658 g/mol. The Labute approximate surface area is 274 Å². The molecule has 0 bridgehead atoms. The highest BCUT2D eigenvalue weighted by molar-refractivity contribution is 6.42. The number of piperidine rings is 1. The fraction of sp³-hybridized carbons (Fsp3) is 0.412. The molecule has 45 heavy (non-hydrogen) atoms. The van der Waals surface area contributed by atoms with Crippen molar-refractivity contribution in [2.75, 3.05) is 54.2 Å². The van der Waals surface area contributed by atoms with Gasteiger partial charge in [0.15, 0.2) is 0 Å². The van der Waals surface area contributed by atoms with Crippen LogP contribution in [0, 0.1) is 0 Å². The van der Waals surface area contributed by atoms with E-state index in [0.29, 0.717) is 46.5 Å². The lowest BCUT2D eigenvalue weighted by molar-refractivity contribution is -0.145. The molecule has 1 N–H and O–H groups in total. The molecular formula is C34H40Cl2N2O7. The van der Waals surface area contributed by atoms with E-state index in [2.05, 4.69) is 10.1 Å². The highest BCUT2D eigenvalue weighted by Crippen LogP contribution is 2.34. The number of carbonyl (C=O) groups is 1. The standard InChI is InChI=1S/C34H40Cl2N2O7/c1-41-27-17-24(18-28(20-27)42-2)21-44-22-32(37-45-23-33(39)43-3)29(25-9-10-30(35)31(36)19-25)11-14-38-15-12-34(40,13-16-38)26-7-5-4-6-8-26/h4-10,17-20,29,40H,11-16,21-23H2,1-3H3. The van der Waals surface area contributed by atoms with Gasteiger partial charge in [-0.25, -0.2) is 4.79 Å². The molecule has 1 heterocycles. The number of aliphatic hydroxyl groups is 1. The van der Waals surface area contributed by atoms with Gasteiger partial charge >= 0.3 is 5.97 Å². The third-order valence-corrected chi connectivity index (χ3v) is 8.74. The number of carbonyl (C=O) groups excluding carboxylic acids is 1. The third-order valence-electron chi connectivity index (χ3n) is 8.00. The second kappa shape index (κ2) is 16.8. The number of oxime groups is 1. The summed E-state index contributed by atoms with van der Waals surface area (Å²) in [6.07, 6.45) is 1.91. The number of rotatable bonds is 15. The van der Waals surface area contributed by atoms with E-state index in [1.54, 1.807) is 26.4 Å². The van der Waals surface area contributed by atoms with Crippen LogP contribution in [0.15, 0.2) is 71.9 Å². The minimum absolute atomic E-state index is 0.110. The van der Waals surface area contributed by atoms with Gasteiger partial charge in [0.05, 0.1) is 55.9 Å². The first-order chi connectivity index (χ1) is 21.7. The summed E-state index contributed by atoms with van der Waals surface area (Å²) in [5.74, 6) is 0.482. The molecule has 3 aromatic rings. The summed E-state index contributed by atoms with van der Waals surface area (Å²) in [5, 5.41) is 16.6. The molecule has 1 fully saturated rings. The molecule has 0 amide bonds. The number of hydrogen-bond donors (Lipinski definition) is 1. The van der Waals surface area contributed by atoms with Crippen LogP contribution in [0.25, 0.3) is 0 Å². The van der Waals surface area contributed by atoms with Gasteiger partial charge in [0.2, 0.25) is 6.61 Å². The second-order valence-electron chi connectivity index (χ2n) is 10.9. The Morgan fingerprint density at radius 1 is 0.933 bits per heavy atom. The van der Waals surface area contributed by atoms with Crippen molar-refractivity contribution in [3.05, 3.63) is 93.5 Å². The summed E-state index contributed by atoms with van der Waals surface area (Å²) in [6, 6.07) is 20.8. The molecule has 1 unspecified atom stereocenters. The van der Waals surface area contributed by atoms with Crippen LogP contribution in [0.3, 0.4) is 0 Å². The average molecular weight is 660 g/mol. The Kier molecular flexibility index (Phi) is 12.9. The van der Waals surface area contributed by atoms with E-state index in [1.807, 2.05) is 54.6 Å². The average Bonchev–Trinajstić information content (AvgIpc) is 3.07. The van der Waals surface area contributed by atoms with Crippen LogP contribution in [0.4, 0.5) is 0 Å². The van der Waals surface area contributed by atoms with Crippen molar-refractivity contribution < 1.29 is 33.7 Å². The van der Waals surface area contributed by atoms with Gasteiger partial charge in [0, 0.05) is 25.1 Å². The van der Waals surface area contributed by atoms with Crippen LogP contribution >= 0.6 is 23.2 Å². The first-order valence-electron chi connectivity index (χ1n) is 14.7. The molecule has 4 rings (SSSR count). The van der Waals surface area contributed by atoms with Crippen LogP contribution in [0.1, 0.15) is 41.9 Å². The van der Waals surface area contributed by atoms with Crippen molar-refractivity contribution in [2.24, 2.45) is 5.16 Å². The molecule has 9 nitrogen and oxygen atoms in total. The number of esters is 1. The van der Waals surface area contributed by atoms with Crippen LogP contribution < -0.4 is 9.47 Å². The number of benzene rings is 3. The predicted molar refractivity (Wildman–Crippen MR) is 174 cm³/mol. The van der Waals surface area contributed by atoms with Gasteiger partial charge in [0.25, 0.3) is 0 Å². The largest absolute Gasteiger partial charge is 0.497 e. The lowest BCUT2D eigenvalue weighted by Gasteiger charge is -2.39. The molecule has 242 valence electrons. The Hall–Kier alpha value is -3.34. The number of ether oxygens (including phenoxy) is 4. The van der Waals surface area contributed by atoms with Crippen molar-refractivity contribution in [1.29, 1.82) is 0 Å². The minimum atomic E-state index is -0.841. The van der Waals surface area contributed by atoms with Gasteiger partial charge in [-0.2, -0.15) is 0 Å². The molecule has 0 spiro atoms. The lowest BCUT2D eigenvalue weighted by Crippen LogP contribution is -2.43. The molecule has 1 aliphatic rings. The van der Waals surface area contributed by atoms with E-state index in [0.717, 1.165) is 36.3 Å². The first-order valence-corrected chi connectivity index (χ1v) is 15.5. The number of methoxy groups -OCH3 is 3. The summed E-state index contributed by atoms with van der Waals surface area (Å²) in [5.41, 5.74) is 2.41. The van der Waals surface area contributed by atoms with Crippen molar-refractivity contribution in [3.8, 4) is 11.5 Å². The Bertz CT molecular complexity index is 1410. The second-order valence-corrected chi connectivity index (χ2v) is 11.7. The van der Waals surface area contributed by atoms with Crippen LogP contribution in [0.2, 0.25) is 10.0 Å². The van der Waals surface area contributed by atoms with Crippen molar-refractivity contribution in [1.82, 2.24) is 4.90 Å². The van der Waals surface area contributed by atoms with Gasteiger partial charge in [-0.1, -0.05) is 64.8 Å². The van der Waals surface area contributed by atoms with E-state index >= 15 is 0 Å². The maximum Gasteiger partial charge on any atom is 0.346 e. The van der Waals surface area contributed by atoms with Gasteiger partial charge < -0.3 is 33.8 Å². The van der Waals surface area contributed by atoms with Gasteiger partial charge in [0.1, 0.15) is 11.5 Å². The van der Waals surface area contributed by atoms with Gasteiger partial charge in [-0.05, 0) is 66.8 Å². The Morgan fingerprint density at radius 3 is 2.24 bits per heavy atom. The minimum Gasteiger partial charge on any atom is -0.497 e. The summed E-state index contributed by atoms with van der Waals surface area (Å²) < 4.78 is 21.6. The highest BCUT2D eigenvalue weighted by Gasteiger charge is 2.34. The topological polar surface area (TPSA) is 99.1 Å².